The molecule has 4 unspecified atom stereocenters. The number of nitrogens with two attached hydrogens (primary N) is 1. The van der Waals surface area contributed by atoms with Gasteiger partial charge in [-0.2, -0.15) is 0 Å². The van der Waals surface area contributed by atoms with E-state index in [9.17, 15) is 29.7 Å². The molecule has 4 heterocycles. The smallest absolute Gasteiger partial charge is 0.404 e. The van der Waals surface area contributed by atoms with Crippen LogP contribution in [0.1, 0.15) is 114 Å². The molecule has 2 bridgehead atoms. The van der Waals surface area contributed by atoms with Crippen molar-refractivity contribution in [1.82, 2.24) is 0 Å². The van der Waals surface area contributed by atoms with Crippen molar-refractivity contribution in [2.24, 2.45) is 29.4 Å². The van der Waals surface area contributed by atoms with Gasteiger partial charge >= 0.3 is 12.1 Å². The molecule has 0 saturated carbocycles. The van der Waals surface area contributed by atoms with Crippen molar-refractivity contribution in [3.63, 3.8) is 0 Å². The van der Waals surface area contributed by atoms with E-state index in [1.165, 1.54) is 0 Å². The number of epoxide rings is 1. The summed E-state index contributed by atoms with van der Waals surface area (Å²) >= 11 is 0. The van der Waals surface area contributed by atoms with Crippen molar-refractivity contribution in [2.45, 2.75) is 180 Å². The van der Waals surface area contributed by atoms with Crippen LogP contribution in [0.4, 0.5) is 4.79 Å². The number of allylic oxidation sites excluding steroid dienone is 1. The van der Waals surface area contributed by atoms with Gasteiger partial charge in [-0.3, -0.25) is 9.59 Å². The highest BCUT2D eigenvalue weighted by atomic mass is 16.7. The number of cyclic esters (lactones) is 1. The maximum Gasteiger partial charge on any atom is 0.404 e. The molecule has 2 fully saturated rings. The van der Waals surface area contributed by atoms with Gasteiger partial charge in [0.2, 0.25) is 0 Å². The van der Waals surface area contributed by atoms with Crippen molar-refractivity contribution >= 4 is 17.8 Å². The number of rotatable bonds is 9. The molecule has 2 saturated heterocycles. The molecule has 4 rings (SSSR count). The van der Waals surface area contributed by atoms with Crippen LogP contribution in [0.25, 0.3) is 0 Å². The maximum atomic E-state index is 13.7. The maximum absolute atomic E-state index is 13.7. The number of fused-ring (bicyclic) bond motifs is 2. The molecular formula is C41H65NO12. The van der Waals surface area contributed by atoms with Crippen molar-refractivity contribution in [3.8, 4) is 0 Å². The number of carbonyl (C=O) groups excluding carboxylic acids is 3. The minimum atomic E-state index is -1.77. The van der Waals surface area contributed by atoms with E-state index in [0.29, 0.717) is 32.1 Å². The molecule has 13 heteroatoms. The predicted molar refractivity (Wildman–Crippen MR) is 200 cm³/mol. The van der Waals surface area contributed by atoms with E-state index in [0.717, 1.165) is 11.1 Å². The van der Waals surface area contributed by atoms with Gasteiger partial charge in [0, 0.05) is 31.1 Å². The fourth-order valence-corrected chi connectivity index (χ4v) is 8.43. The van der Waals surface area contributed by atoms with Crippen molar-refractivity contribution < 1.29 is 58.1 Å². The second kappa shape index (κ2) is 18.5. The van der Waals surface area contributed by atoms with Gasteiger partial charge in [-0.05, 0) is 76.4 Å². The summed E-state index contributed by atoms with van der Waals surface area (Å²) in [5.74, 6) is -3.55. The van der Waals surface area contributed by atoms with E-state index >= 15 is 0 Å². The normalized spacial score (nSPS) is 42.4. The van der Waals surface area contributed by atoms with Gasteiger partial charge in [0.05, 0.1) is 30.8 Å². The van der Waals surface area contributed by atoms with Crippen LogP contribution in [0.3, 0.4) is 0 Å². The molecule has 54 heavy (non-hydrogen) atoms. The summed E-state index contributed by atoms with van der Waals surface area (Å²) in [4.78, 5) is 37.8. The lowest BCUT2D eigenvalue weighted by molar-refractivity contribution is -0.254. The number of amides is 1. The topological polar surface area (TPSA) is 197 Å². The van der Waals surface area contributed by atoms with Gasteiger partial charge in [-0.25, -0.2) is 4.79 Å². The Morgan fingerprint density at radius 1 is 1.04 bits per heavy atom. The van der Waals surface area contributed by atoms with Crippen LogP contribution in [0.15, 0.2) is 35.5 Å². The molecule has 1 amide bonds. The third kappa shape index (κ3) is 11.0. The van der Waals surface area contributed by atoms with Gasteiger partial charge in [0.15, 0.2) is 23.5 Å². The number of aliphatic hydroxyl groups is 3. The molecule has 0 aliphatic carbocycles. The Hall–Kier alpha value is -2.65. The predicted octanol–water partition coefficient (Wildman–Crippen LogP) is 5.18. The van der Waals surface area contributed by atoms with Crippen molar-refractivity contribution in [2.75, 3.05) is 0 Å². The number of hydrogen-bond acceptors (Lipinski definition) is 12. The van der Waals surface area contributed by atoms with Crippen LogP contribution in [-0.2, 0) is 38.0 Å². The first-order valence-electron chi connectivity index (χ1n) is 19.7. The fraction of sp³-hybridized carbons (Fsp3) is 0.780. The molecule has 0 aromatic heterocycles. The monoisotopic (exact) mass is 763 g/mol. The minimum Gasteiger partial charge on any atom is -0.462 e. The zero-order valence-electron chi connectivity index (χ0n) is 33.6. The number of hydrogen-bond donors (Lipinski definition) is 4. The Morgan fingerprint density at radius 3 is 2.39 bits per heavy atom. The van der Waals surface area contributed by atoms with Crippen molar-refractivity contribution in [3.05, 3.63) is 35.5 Å². The summed E-state index contributed by atoms with van der Waals surface area (Å²) in [7, 11) is 0. The van der Waals surface area contributed by atoms with E-state index in [-0.39, 0.29) is 43.0 Å². The molecule has 0 radical (unpaired) electrons. The molecule has 0 spiro atoms. The molecule has 0 aromatic rings. The Labute approximate surface area is 320 Å². The number of Topliss-reactive ketones (excluding diaryl/α,β-unsaturated/α-hetero) is 1. The fourth-order valence-electron chi connectivity index (χ4n) is 8.43. The lowest BCUT2D eigenvalue weighted by Gasteiger charge is -2.38. The lowest BCUT2D eigenvalue weighted by atomic mass is 9.79. The molecule has 15 atom stereocenters. The number of ketones is 1. The van der Waals surface area contributed by atoms with Crippen LogP contribution >= 0.6 is 0 Å². The number of ether oxygens (including phenoxy) is 6. The van der Waals surface area contributed by atoms with Crippen LogP contribution in [0.2, 0.25) is 0 Å². The van der Waals surface area contributed by atoms with Gasteiger partial charge in [-0.1, -0.05) is 58.9 Å². The third-order valence-electron chi connectivity index (χ3n) is 11.8. The Bertz CT molecular complexity index is 1410. The summed E-state index contributed by atoms with van der Waals surface area (Å²) in [5.41, 5.74) is 6.26. The summed E-state index contributed by atoms with van der Waals surface area (Å²) in [6.07, 6.45) is 3.12. The average Bonchev–Trinajstić information content (AvgIpc) is 3.81. The van der Waals surface area contributed by atoms with Crippen LogP contribution in [0.5, 0.6) is 0 Å². The van der Waals surface area contributed by atoms with E-state index in [1.807, 2.05) is 73.6 Å². The highest BCUT2D eigenvalue weighted by molar-refractivity contribution is 5.89. The highest BCUT2D eigenvalue weighted by Crippen LogP contribution is 2.45. The Morgan fingerprint density at radius 2 is 1.72 bits per heavy atom. The minimum absolute atomic E-state index is 0.0277. The molecule has 5 N–H and O–H groups in total. The Balaban J connectivity index is 1.60. The third-order valence-corrected chi connectivity index (χ3v) is 11.8. The first-order chi connectivity index (χ1) is 25.3. The van der Waals surface area contributed by atoms with Gasteiger partial charge in [0.25, 0.3) is 0 Å². The molecular weight excluding hydrogens is 698 g/mol. The SMILES string of the molecule is CCC(=O)C1(C)OC1[C@H](C)C[C@@H](C)[C@H]1OC(=O)CC2(O)CC=C(C)C(O2)/C(C)=C/CCC[C@@H](O[C@H]2C[C@@H](OC(N)=O)[C@H](O)[C@@H](C)O2)/C=C/[C@H](C)[C@H](O)[C@H]1C. The van der Waals surface area contributed by atoms with Crippen LogP contribution in [0, 0.1) is 23.7 Å². The molecule has 0 aromatic carbocycles. The molecule has 13 nitrogen and oxygen atoms in total. The lowest BCUT2D eigenvalue weighted by Crippen LogP contribution is -2.50. The molecule has 306 valence electrons. The second-order valence-electron chi connectivity index (χ2n) is 16.5. The Kier molecular flexibility index (Phi) is 15.1. The average molecular weight is 764 g/mol. The summed E-state index contributed by atoms with van der Waals surface area (Å²) in [6, 6.07) is 0. The van der Waals surface area contributed by atoms with E-state index in [1.54, 1.807) is 6.92 Å². The number of esters is 1. The largest absolute Gasteiger partial charge is 0.462 e. The summed E-state index contributed by atoms with van der Waals surface area (Å²) < 4.78 is 35.8. The zero-order chi connectivity index (χ0) is 40.1. The van der Waals surface area contributed by atoms with E-state index in [2.05, 4.69) is 6.08 Å². The number of primary amides is 1. The molecule has 4 aliphatic heterocycles. The quantitative estimate of drug-likeness (QED) is 0.137. The van der Waals surface area contributed by atoms with E-state index in [4.69, 9.17) is 34.2 Å². The number of carbonyl (C=O) groups is 3. The summed E-state index contributed by atoms with van der Waals surface area (Å²) in [6.45, 7) is 16.9. The standard InChI is InChI=1S/C41H65NO12/c1-10-31(43)40(9)38(54-40)26(6)19-25(5)37-27(7)34(45)22(2)15-16-29(50-33-20-30(51-39(42)47)35(46)28(8)49-33)14-12-11-13-23(3)36-24(4)17-18-41(48,53-36)21-32(44)52-37/h13,15-17,22,25-30,33-38,45-46,48H,10-12,14,18-21H2,1-9H3,(H2,42,47)/b16-15+,23-13+/t22-,25+,26+,27+,28+,29+,30+,33-,34-,35+,36?,37+,38?,40?,41?/m0/s1. The zero-order valence-corrected chi connectivity index (χ0v) is 33.6. The second-order valence-corrected chi connectivity index (χ2v) is 16.5. The van der Waals surface area contributed by atoms with Gasteiger partial charge in [-0.15, -0.1) is 0 Å². The van der Waals surface area contributed by atoms with Gasteiger partial charge < -0.3 is 49.5 Å². The van der Waals surface area contributed by atoms with Gasteiger partial charge in [0.1, 0.15) is 24.4 Å². The summed E-state index contributed by atoms with van der Waals surface area (Å²) in [5, 5.41) is 33.9. The first kappa shape index (κ1) is 44.1. The van der Waals surface area contributed by atoms with Crippen LogP contribution in [-0.4, -0.2) is 99.7 Å². The molecule has 4 aliphatic rings. The highest BCUT2D eigenvalue weighted by Gasteiger charge is 2.59. The van der Waals surface area contributed by atoms with E-state index < -0.39 is 84.3 Å². The first-order valence-corrected chi connectivity index (χ1v) is 19.7. The van der Waals surface area contributed by atoms with Crippen molar-refractivity contribution in [1.29, 1.82) is 0 Å². The van der Waals surface area contributed by atoms with Crippen LogP contribution < -0.4 is 5.73 Å². The number of aliphatic hydroxyl groups excluding tert-OH is 2.